The molecule has 7 nitrogen and oxygen atoms in total. The molecule has 1 saturated heterocycles. The summed E-state index contributed by atoms with van der Waals surface area (Å²) in [6.07, 6.45) is 0.885. The lowest BCUT2D eigenvalue weighted by molar-refractivity contribution is -0.133. The first kappa shape index (κ1) is 12.2. The lowest BCUT2D eigenvalue weighted by Gasteiger charge is -2.12. The zero-order chi connectivity index (χ0) is 12.4. The maximum atomic E-state index is 11.6. The minimum Gasteiger partial charge on any atom is -0.481 e. The van der Waals surface area contributed by atoms with Crippen LogP contribution in [0.5, 0.6) is 0 Å². The molecular formula is C9H14N4O3S. The van der Waals surface area contributed by atoms with Gasteiger partial charge in [-0.15, -0.1) is 5.10 Å². The van der Waals surface area contributed by atoms with Crippen molar-refractivity contribution in [2.45, 2.75) is 17.6 Å². The predicted octanol–water partition coefficient (Wildman–Crippen LogP) is -0.375. The summed E-state index contributed by atoms with van der Waals surface area (Å²) in [5.74, 6) is -1.01. The minimum atomic E-state index is -0.916. The van der Waals surface area contributed by atoms with E-state index in [2.05, 4.69) is 15.1 Å². The minimum absolute atomic E-state index is 0.0857. The highest BCUT2D eigenvalue weighted by molar-refractivity contribution is 7.99. The number of rotatable bonds is 4. The lowest BCUT2D eigenvalue weighted by Crippen LogP contribution is -2.25. The zero-order valence-electron chi connectivity index (χ0n) is 9.42. The molecule has 0 bridgehead atoms. The molecule has 1 fully saturated rings. The first-order valence-corrected chi connectivity index (χ1v) is 6.26. The topological polar surface area (TPSA) is 91.2 Å². The molecule has 1 aromatic rings. The number of likely N-dealkylation sites (N-methyl/N-ethyl adjacent to an activating group) is 1. The second-order valence-electron chi connectivity index (χ2n) is 4.07. The van der Waals surface area contributed by atoms with Gasteiger partial charge in [0.25, 0.3) is 0 Å². The van der Waals surface area contributed by atoms with Crippen molar-refractivity contribution in [1.29, 1.82) is 0 Å². The van der Waals surface area contributed by atoms with Gasteiger partial charge in [-0.05, 0) is 20.0 Å². The summed E-state index contributed by atoms with van der Waals surface area (Å²) in [6, 6.07) is 0.0857. The van der Waals surface area contributed by atoms with Crippen LogP contribution in [0.15, 0.2) is 9.95 Å². The standard InChI is InChI=1S/C9H14N4O3S/c1-12-3-2-6(4-12)13-8(16)10-11-9(13)17-5-7(14)15/h6H,2-5H2,1H3,(H,10,16)(H,14,15). The number of aliphatic carboxylic acids is 1. The third-order valence-electron chi connectivity index (χ3n) is 2.73. The van der Waals surface area contributed by atoms with Crippen molar-refractivity contribution >= 4 is 17.7 Å². The number of carbonyl (C=O) groups is 1. The SMILES string of the molecule is CN1CCC(n2c(SCC(=O)O)n[nH]c2=O)C1. The summed E-state index contributed by atoms with van der Waals surface area (Å²) >= 11 is 1.07. The van der Waals surface area contributed by atoms with E-state index >= 15 is 0 Å². The number of thioether (sulfide) groups is 1. The van der Waals surface area contributed by atoms with E-state index in [1.807, 2.05) is 7.05 Å². The first-order valence-electron chi connectivity index (χ1n) is 5.28. The second kappa shape index (κ2) is 4.92. The van der Waals surface area contributed by atoms with Gasteiger partial charge in [-0.1, -0.05) is 11.8 Å². The summed E-state index contributed by atoms with van der Waals surface area (Å²) in [5, 5.41) is 15.3. The Bertz CT molecular complexity index is 469. The third kappa shape index (κ3) is 2.70. The van der Waals surface area contributed by atoms with Crippen molar-refractivity contribution in [3.63, 3.8) is 0 Å². The summed E-state index contributed by atoms with van der Waals surface area (Å²) in [4.78, 5) is 24.3. The van der Waals surface area contributed by atoms with Crippen LogP contribution in [0.2, 0.25) is 0 Å². The normalized spacial score (nSPS) is 20.9. The fraction of sp³-hybridized carbons (Fsp3) is 0.667. The summed E-state index contributed by atoms with van der Waals surface area (Å²) in [6.45, 7) is 1.73. The summed E-state index contributed by atoms with van der Waals surface area (Å²) < 4.78 is 1.57. The number of likely N-dealkylation sites (tertiary alicyclic amines) is 1. The van der Waals surface area contributed by atoms with Gasteiger partial charge >= 0.3 is 11.7 Å². The molecule has 0 aliphatic carbocycles. The van der Waals surface area contributed by atoms with Crippen LogP contribution in [0.4, 0.5) is 0 Å². The zero-order valence-corrected chi connectivity index (χ0v) is 10.2. The molecule has 2 rings (SSSR count). The Morgan fingerprint density at radius 3 is 3.06 bits per heavy atom. The molecule has 1 aromatic heterocycles. The fourth-order valence-corrected chi connectivity index (χ4v) is 2.70. The Labute approximate surface area is 102 Å². The molecule has 8 heteroatoms. The average molecular weight is 258 g/mol. The highest BCUT2D eigenvalue weighted by Gasteiger charge is 2.25. The average Bonchev–Trinajstić information content (AvgIpc) is 2.82. The van der Waals surface area contributed by atoms with Crippen molar-refractivity contribution in [3.8, 4) is 0 Å². The number of hydrogen-bond donors (Lipinski definition) is 2. The van der Waals surface area contributed by atoms with E-state index in [-0.39, 0.29) is 17.5 Å². The Morgan fingerprint density at radius 2 is 2.47 bits per heavy atom. The maximum Gasteiger partial charge on any atom is 0.344 e. The van der Waals surface area contributed by atoms with E-state index in [9.17, 15) is 9.59 Å². The van der Waals surface area contributed by atoms with Gasteiger partial charge in [0, 0.05) is 6.54 Å². The van der Waals surface area contributed by atoms with Gasteiger partial charge in [-0.3, -0.25) is 9.36 Å². The van der Waals surface area contributed by atoms with Crippen molar-refractivity contribution in [1.82, 2.24) is 19.7 Å². The van der Waals surface area contributed by atoms with Crippen LogP contribution in [0.25, 0.3) is 0 Å². The van der Waals surface area contributed by atoms with E-state index in [0.29, 0.717) is 5.16 Å². The van der Waals surface area contributed by atoms with E-state index in [4.69, 9.17) is 5.11 Å². The maximum absolute atomic E-state index is 11.6. The Kier molecular flexibility index (Phi) is 3.53. The summed E-state index contributed by atoms with van der Waals surface area (Å²) in [7, 11) is 2.00. The Hall–Kier alpha value is -1.28. The van der Waals surface area contributed by atoms with Crippen molar-refractivity contribution in [2.24, 2.45) is 0 Å². The molecule has 2 heterocycles. The number of nitrogens with zero attached hydrogens (tertiary/aromatic N) is 3. The van der Waals surface area contributed by atoms with Crippen molar-refractivity contribution in [3.05, 3.63) is 10.5 Å². The van der Waals surface area contributed by atoms with Crippen molar-refractivity contribution in [2.75, 3.05) is 25.9 Å². The Morgan fingerprint density at radius 1 is 1.71 bits per heavy atom. The number of aromatic nitrogens is 3. The van der Waals surface area contributed by atoms with E-state index in [1.165, 1.54) is 0 Å². The fourth-order valence-electron chi connectivity index (χ4n) is 1.96. The molecule has 1 atom stereocenters. The quantitative estimate of drug-likeness (QED) is 0.716. The molecular weight excluding hydrogens is 244 g/mol. The van der Waals surface area contributed by atoms with Gasteiger partial charge in [0.2, 0.25) is 0 Å². The molecule has 1 aliphatic heterocycles. The van der Waals surface area contributed by atoms with Crippen LogP contribution in [0.1, 0.15) is 12.5 Å². The molecule has 1 unspecified atom stereocenters. The third-order valence-corrected chi connectivity index (χ3v) is 3.67. The highest BCUT2D eigenvalue weighted by atomic mass is 32.2. The number of carboxylic acid groups (broad SMARTS) is 1. The molecule has 0 amide bonds. The monoisotopic (exact) mass is 258 g/mol. The number of carboxylic acids is 1. The van der Waals surface area contributed by atoms with Crippen LogP contribution in [0.3, 0.4) is 0 Å². The molecule has 17 heavy (non-hydrogen) atoms. The van der Waals surface area contributed by atoms with E-state index in [1.54, 1.807) is 4.57 Å². The van der Waals surface area contributed by atoms with Gasteiger partial charge in [-0.25, -0.2) is 9.89 Å². The molecule has 0 aromatic carbocycles. The van der Waals surface area contributed by atoms with E-state index in [0.717, 1.165) is 31.3 Å². The van der Waals surface area contributed by atoms with Crippen LogP contribution < -0.4 is 5.69 Å². The molecule has 94 valence electrons. The molecule has 0 saturated carbocycles. The molecule has 0 spiro atoms. The number of H-pyrrole nitrogens is 1. The molecule has 0 radical (unpaired) electrons. The first-order chi connectivity index (χ1) is 8.08. The number of aromatic amines is 1. The van der Waals surface area contributed by atoms with Crippen LogP contribution in [0, 0.1) is 0 Å². The van der Waals surface area contributed by atoms with Gasteiger partial charge in [0.05, 0.1) is 11.8 Å². The number of hydrogen-bond acceptors (Lipinski definition) is 5. The van der Waals surface area contributed by atoms with Crippen LogP contribution in [-0.2, 0) is 4.79 Å². The Balaban J connectivity index is 2.17. The summed E-state index contributed by atoms with van der Waals surface area (Å²) in [5.41, 5.74) is -0.266. The van der Waals surface area contributed by atoms with Gasteiger partial charge < -0.3 is 10.0 Å². The highest BCUT2D eigenvalue weighted by Crippen LogP contribution is 2.23. The van der Waals surface area contributed by atoms with Crippen molar-refractivity contribution < 1.29 is 9.90 Å². The lowest BCUT2D eigenvalue weighted by atomic mass is 10.3. The predicted molar refractivity (Wildman–Crippen MR) is 62.4 cm³/mol. The van der Waals surface area contributed by atoms with Crippen LogP contribution in [-0.4, -0.2) is 56.6 Å². The van der Waals surface area contributed by atoms with E-state index < -0.39 is 5.97 Å². The van der Waals surface area contributed by atoms with Gasteiger partial charge in [0.1, 0.15) is 0 Å². The largest absolute Gasteiger partial charge is 0.481 e. The molecule has 2 N–H and O–H groups in total. The second-order valence-corrected chi connectivity index (χ2v) is 5.01. The van der Waals surface area contributed by atoms with Gasteiger partial charge in [-0.2, -0.15) is 0 Å². The molecule has 1 aliphatic rings. The van der Waals surface area contributed by atoms with Gasteiger partial charge in [0.15, 0.2) is 5.16 Å². The smallest absolute Gasteiger partial charge is 0.344 e. The van der Waals surface area contributed by atoms with Crippen LogP contribution >= 0.6 is 11.8 Å². The number of nitrogens with one attached hydrogen (secondary N) is 1.